The van der Waals surface area contributed by atoms with Gasteiger partial charge in [-0.05, 0) is 31.9 Å². The van der Waals surface area contributed by atoms with Crippen LogP contribution in [0.3, 0.4) is 0 Å². The van der Waals surface area contributed by atoms with E-state index in [-0.39, 0.29) is 5.54 Å². The van der Waals surface area contributed by atoms with Gasteiger partial charge < -0.3 is 14.4 Å². The van der Waals surface area contributed by atoms with Crippen molar-refractivity contribution < 1.29 is 4.55 Å². The predicted molar refractivity (Wildman–Crippen MR) is 92.3 cm³/mol. The summed E-state index contributed by atoms with van der Waals surface area (Å²) in [4.78, 5) is 15.2. The van der Waals surface area contributed by atoms with E-state index in [1.807, 2.05) is 32.2 Å². The van der Waals surface area contributed by atoms with E-state index in [0.717, 1.165) is 54.2 Å². The van der Waals surface area contributed by atoms with Crippen molar-refractivity contribution in [2.24, 2.45) is 0 Å². The maximum absolute atomic E-state index is 12.7. The van der Waals surface area contributed by atoms with Gasteiger partial charge in [0.25, 0.3) is 0 Å². The Labute approximate surface area is 138 Å². The number of hydrogen-bond donors (Lipinski definition) is 1. The number of rotatable bonds is 3. The fourth-order valence-electron chi connectivity index (χ4n) is 3.34. The number of nitrogens with zero attached hydrogens (tertiary/aromatic N) is 4. The third kappa shape index (κ3) is 2.43. The molecule has 1 spiro atoms. The van der Waals surface area contributed by atoms with Crippen molar-refractivity contribution in [1.29, 1.82) is 0 Å². The molecule has 2 aromatic heterocycles. The number of H-pyrrole nitrogens is 1. The zero-order valence-electron chi connectivity index (χ0n) is 13.5. The molecule has 122 valence electrons. The Kier molecular flexibility index (Phi) is 3.59. The molecular formula is C16H21N5OS. The van der Waals surface area contributed by atoms with Crippen LogP contribution in [0.5, 0.6) is 0 Å². The zero-order valence-corrected chi connectivity index (χ0v) is 14.3. The highest BCUT2D eigenvalue weighted by Gasteiger charge is 2.57. The van der Waals surface area contributed by atoms with Crippen molar-refractivity contribution in [3.8, 4) is 0 Å². The standard InChI is InChI=1S/C16H21N5OS/c1-3-12(2)23(22)21-9-8-20(10-16(21)5-6-16)15-13-4-7-17-14(13)18-11-19-15/h3-4,7,11H,5-6,8-10H2,1-2H3,(H,17,18,19)/b12-3+. The van der Waals surface area contributed by atoms with Gasteiger partial charge in [0.05, 0.1) is 28.8 Å². The Morgan fingerprint density at radius 2 is 2.22 bits per heavy atom. The highest BCUT2D eigenvalue weighted by Crippen LogP contribution is 2.47. The molecule has 0 amide bonds. The van der Waals surface area contributed by atoms with Crippen molar-refractivity contribution in [2.45, 2.75) is 32.2 Å². The van der Waals surface area contributed by atoms with E-state index in [2.05, 4.69) is 24.2 Å². The largest absolute Gasteiger partial charge is 0.593 e. The van der Waals surface area contributed by atoms with Gasteiger partial charge in [0.1, 0.15) is 22.7 Å². The third-order valence-electron chi connectivity index (χ3n) is 4.93. The molecule has 1 unspecified atom stereocenters. The average Bonchev–Trinajstić information content (AvgIpc) is 3.16. The van der Waals surface area contributed by atoms with E-state index in [9.17, 15) is 4.55 Å². The molecule has 6 nitrogen and oxygen atoms in total. The Morgan fingerprint density at radius 3 is 2.96 bits per heavy atom. The lowest BCUT2D eigenvalue weighted by Crippen LogP contribution is -2.57. The van der Waals surface area contributed by atoms with Crippen molar-refractivity contribution >= 4 is 28.2 Å². The number of aromatic amines is 1. The number of piperazine rings is 1. The van der Waals surface area contributed by atoms with E-state index in [1.165, 1.54) is 0 Å². The molecule has 4 rings (SSSR count). The minimum absolute atomic E-state index is 0.0426. The van der Waals surface area contributed by atoms with Gasteiger partial charge in [-0.3, -0.25) is 0 Å². The van der Waals surface area contributed by atoms with Gasteiger partial charge in [0.2, 0.25) is 0 Å². The molecule has 23 heavy (non-hydrogen) atoms. The number of aromatic nitrogens is 3. The molecule has 3 heterocycles. The molecule has 1 atom stereocenters. The molecule has 1 aliphatic heterocycles. The molecular weight excluding hydrogens is 310 g/mol. The lowest BCUT2D eigenvalue weighted by atomic mass is 10.2. The highest BCUT2D eigenvalue weighted by atomic mass is 32.2. The third-order valence-corrected chi connectivity index (χ3v) is 6.69. The minimum Gasteiger partial charge on any atom is -0.593 e. The summed E-state index contributed by atoms with van der Waals surface area (Å²) in [5.41, 5.74) is 0.914. The van der Waals surface area contributed by atoms with E-state index in [1.54, 1.807) is 6.33 Å². The van der Waals surface area contributed by atoms with Gasteiger partial charge in [-0.15, -0.1) is 4.31 Å². The van der Waals surface area contributed by atoms with E-state index in [0.29, 0.717) is 0 Å². The van der Waals surface area contributed by atoms with Crippen LogP contribution in [0.15, 0.2) is 29.6 Å². The van der Waals surface area contributed by atoms with Crippen LogP contribution in [-0.2, 0) is 11.4 Å². The van der Waals surface area contributed by atoms with E-state index < -0.39 is 11.4 Å². The van der Waals surface area contributed by atoms with Crippen molar-refractivity contribution in [3.05, 3.63) is 29.6 Å². The Morgan fingerprint density at radius 1 is 1.39 bits per heavy atom. The van der Waals surface area contributed by atoms with Gasteiger partial charge >= 0.3 is 0 Å². The number of allylic oxidation sites excluding steroid dienone is 2. The van der Waals surface area contributed by atoms with E-state index in [4.69, 9.17) is 0 Å². The highest BCUT2D eigenvalue weighted by molar-refractivity contribution is 7.93. The molecule has 2 aliphatic rings. The lowest BCUT2D eigenvalue weighted by molar-refractivity contribution is 0.272. The summed E-state index contributed by atoms with van der Waals surface area (Å²) >= 11 is -1.02. The Hall–Kier alpha value is -1.57. The number of nitrogens with one attached hydrogen (secondary N) is 1. The average molecular weight is 331 g/mol. The quantitative estimate of drug-likeness (QED) is 0.873. The minimum atomic E-state index is -1.02. The van der Waals surface area contributed by atoms with Crippen molar-refractivity contribution in [1.82, 2.24) is 19.3 Å². The second-order valence-electron chi connectivity index (χ2n) is 6.33. The van der Waals surface area contributed by atoms with Gasteiger partial charge in [0, 0.05) is 26.2 Å². The van der Waals surface area contributed by atoms with Crippen LogP contribution >= 0.6 is 0 Å². The first-order valence-electron chi connectivity index (χ1n) is 8.00. The monoisotopic (exact) mass is 331 g/mol. The normalized spacial score (nSPS) is 22.7. The van der Waals surface area contributed by atoms with Crippen LogP contribution in [0, 0.1) is 0 Å². The van der Waals surface area contributed by atoms with Gasteiger partial charge in [-0.1, -0.05) is 0 Å². The van der Waals surface area contributed by atoms with Crippen molar-refractivity contribution in [3.63, 3.8) is 0 Å². The maximum atomic E-state index is 12.7. The second kappa shape index (κ2) is 5.51. The van der Waals surface area contributed by atoms with Gasteiger partial charge in [-0.25, -0.2) is 9.97 Å². The molecule has 0 aromatic carbocycles. The summed E-state index contributed by atoms with van der Waals surface area (Å²) in [6.07, 6.45) is 7.67. The Bertz CT molecular complexity index is 754. The smallest absolute Gasteiger partial charge is 0.143 e. The summed E-state index contributed by atoms with van der Waals surface area (Å²) in [6, 6.07) is 2.03. The van der Waals surface area contributed by atoms with Crippen LogP contribution in [0.25, 0.3) is 11.0 Å². The first kappa shape index (κ1) is 15.0. The number of hydrogen-bond acceptors (Lipinski definition) is 5. The molecule has 0 bridgehead atoms. The molecule has 1 saturated heterocycles. The molecule has 1 N–H and O–H groups in total. The van der Waals surface area contributed by atoms with Gasteiger partial charge in [-0.2, -0.15) is 0 Å². The van der Waals surface area contributed by atoms with Crippen molar-refractivity contribution in [2.75, 3.05) is 24.5 Å². The zero-order chi connectivity index (χ0) is 16.0. The fraction of sp³-hybridized carbons (Fsp3) is 0.500. The SMILES string of the molecule is C/C=C(\C)[S+]([O-])N1CCN(c2ncnc3[nH]ccc23)CC12CC2. The first-order valence-corrected chi connectivity index (χ1v) is 9.11. The Balaban J connectivity index is 1.61. The molecule has 7 heteroatoms. The number of anilines is 1. The molecule has 1 aliphatic carbocycles. The van der Waals surface area contributed by atoms with Crippen LogP contribution < -0.4 is 4.90 Å². The fourth-order valence-corrected chi connectivity index (χ4v) is 4.73. The molecule has 1 saturated carbocycles. The summed E-state index contributed by atoms with van der Waals surface area (Å²) in [5.74, 6) is 0.982. The predicted octanol–water partition coefficient (Wildman–Crippen LogP) is 2.20. The van der Waals surface area contributed by atoms with Crippen LogP contribution in [0.4, 0.5) is 5.82 Å². The first-order chi connectivity index (χ1) is 11.1. The number of fused-ring (bicyclic) bond motifs is 1. The van der Waals surface area contributed by atoms with E-state index >= 15 is 0 Å². The lowest BCUT2D eigenvalue weighted by Gasteiger charge is -2.41. The van der Waals surface area contributed by atoms with Crippen LogP contribution in [0.1, 0.15) is 26.7 Å². The molecule has 2 aromatic rings. The summed E-state index contributed by atoms with van der Waals surface area (Å²) in [7, 11) is 0. The van der Waals surface area contributed by atoms with Crippen LogP contribution in [0.2, 0.25) is 0 Å². The summed E-state index contributed by atoms with van der Waals surface area (Å²) in [6.45, 7) is 6.42. The van der Waals surface area contributed by atoms with Crippen LogP contribution in [-0.4, -0.2) is 49.0 Å². The molecule has 0 radical (unpaired) electrons. The second-order valence-corrected chi connectivity index (χ2v) is 7.92. The summed E-state index contributed by atoms with van der Waals surface area (Å²) in [5, 5.41) is 1.06. The maximum Gasteiger partial charge on any atom is 0.143 e. The molecule has 2 fully saturated rings. The topological polar surface area (TPSA) is 71.1 Å². The summed E-state index contributed by atoms with van der Waals surface area (Å²) < 4.78 is 14.9. The van der Waals surface area contributed by atoms with Gasteiger partial charge in [0.15, 0.2) is 0 Å².